The van der Waals surface area contributed by atoms with Gasteiger partial charge in [-0.05, 0) is 24.3 Å². The number of aliphatic carboxylic acids is 1. The van der Waals surface area contributed by atoms with Crippen LogP contribution in [0.2, 0.25) is 5.02 Å². The Morgan fingerprint density at radius 3 is 2.52 bits per heavy atom. The summed E-state index contributed by atoms with van der Waals surface area (Å²) in [6.45, 7) is -0.0290. The van der Waals surface area contributed by atoms with E-state index in [1.807, 2.05) is 0 Å². The summed E-state index contributed by atoms with van der Waals surface area (Å²) in [5, 5.41) is 19.8. The number of ether oxygens (including phenoxy) is 1. The molecule has 2 N–H and O–H groups in total. The van der Waals surface area contributed by atoms with E-state index in [1.54, 1.807) is 0 Å². The molecule has 9 nitrogen and oxygen atoms in total. The van der Waals surface area contributed by atoms with E-state index in [0.717, 1.165) is 12.1 Å². The lowest BCUT2D eigenvalue weighted by Gasteiger charge is -2.31. The molecular weight excluding hydrogens is 378 g/mol. The lowest BCUT2D eigenvalue weighted by molar-refractivity contribution is -0.165. The van der Waals surface area contributed by atoms with Crippen LogP contribution in [0.1, 0.15) is 6.42 Å². The maximum atomic E-state index is 12.2. The lowest BCUT2D eigenvalue weighted by atomic mass is 10.1. The van der Waals surface area contributed by atoms with Crippen molar-refractivity contribution in [2.75, 3.05) is 6.54 Å². The van der Waals surface area contributed by atoms with Gasteiger partial charge in [-0.3, -0.25) is 4.79 Å². The summed E-state index contributed by atoms with van der Waals surface area (Å²) in [6, 6.07) is 4.92. The fourth-order valence-corrected chi connectivity index (χ4v) is 3.80. The minimum absolute atomic E-state index is 0.0290. The molecule has 1 aromatic carbocycles. The zero-order chi connectivity index (χ0) is 18.4. The van der Waals surface area contributed by atoms with Crippen molar-refractivity contribution < 1.29 is 37.1 Å². The Morgan fingerprint density at radius 1 is 1.36 bits per heavy atom. The highest BCUT2D eigenvalue weighted by atomic mass is 35.5. The van der Waals surface area contributed by atoms with Gasteiger partial charge in [0.25, 0.3) is 10.1 Å². The second-order valence-electron chi connectivity index (χ2n) is 5.63. The molecule has 2 heterocycles. The minimum atomic E-state index is -4.45. The van der Waals surface area contributed by atoms with Crippen molar-refractivity contribution >= 4 is 33.6 Å². The highest BCUT2D eigenvalue weighted by Gasteiger charge is 2.50. The summed E-state index contributed by atoms with van der Waals surface area (Å²) >= 11 is 5.68. The van der Waals surface area contributed by atoms with Crippen molar-refractivity contribution in [3.63, 3.8) is 0 Å². The predicted molar refractivity (Wildman–Crippen MR) is 82.1 cm³/mol. The molecule has 2 fully saturated rings. The fraction of sp³-hybridized carbons (Fsp3) is 0.429. The third kappa shape index (κ3) is 3.48. The van der Waals surface area contributed by atoms with Gasteiger partial charge in [-0.1, -0.05) is 11.6 Å². The van der Waals surface area contributed by atoms with E-state index in [9.17, 15) is 28.2 Å². The Kier molecular flexibility index (Phi) is 4.73. The molecule has 0 saturated carbocycles. The third-order valence-electron chi connectivity index (χ3n) is 3.99. The van der Waals surface area contributed by atoms with E-state index >= 15 is 0 Å². The van der Waals surface area contributed by atoms with E-state index in [2.05, 4.69) is 0 Å². The summed E-state index contributed by atoms with van der Waals surface area (Å²) in [5.74, 6) is -1.85. The number of carboxylic acid groups (broad SMARTS) is 1. The van der Waals surface area contributed by atoms with Crippen LogP contribution in [0, 0.1) is 0 Å². The summed E-state index contributed by atoms with van der Waals surface area (Å²) in [5.41, 5.74) is 0. The smallest absolute Gasteiger partial charge is 0.337 e. The molecule has 1 amide bonds. The van der Waals surface area contributed by atoms with Gasteiger partial charge < -0.3 is 19.8 Å². The first-order valence-electron chi connectivity index (χ1n) is 7.24. The quantitative estimate of drug-likeness (QED) is 0.504. The molecule has 0 unspecified atom stereocenters. The first kappa shape index (κ1) is 18.1. The average molecular weight is 392 g/mol. The second kappa shape index (κ2) is 6.54. The van der Waals surface area contributed by atoms with Crippen LogP contribution in [0.25, 0.3) is 0 Å². The number of rotatable bonds is 6. The van der Waals surface area contributed by atoms with E-state index in [1.165, 1.54) is 17.0 Å². The third-order valence-corrected chi connectivity index (χ3v) is 5.56. The number of β-lactam (4-membered cyclic amide) rings is 1. The molecule has 2 saturated heterocycles. The molecule has 136 valence electrons. The van der Waals surface area contributed by atoms with Crippen molar-refractivity contribution in [2.24, 2.45) is 0 Å². The molecule has 0 aliphatic carbocycles. The molecule has 0 radical (unpaired) electrons. The summed E-state index contributed by atoms with van der Waals surface area (Å²) < 4.78 is 34.5. The molecule has 2 aliphatic rings. The molecule has 1 aromatic rings. The Labute approximate surface area is 147 Å². The highest BCUT2D eigenvalue weighted by molar-refractivity contribution is 7.86. The van der Waals surface area contributed by atoms with Gasteiger partial charge >= 0.3 is 5.97 Å². The van der Waals surface area contributed by atoms with E-state index in [0.29, 0.717) is 5.02 Å². The average Bonchev–Trinajstić information content (AvgIpc) is 2.89. The fourth-order valence-electron chi connectivity index (χ4n) is 2.63. The maximum Gasteiger partial charge on any atom is 0.337 e. The minimum Gasteiger partial charge on any atom is -0.479 e. The summed E-state index contributed by atoms with van der Waals surface area (Å²) in [6.07, 6.45) is -5.30. The first-order chi connectivity index (χ1) is 11.7. The monoisotopic (exact) mass is 391 g/mol. The normalized spacial score (nSPS) is 25.2. The number of aliphatic hydroxyl groups is 1. The van der Waals surface area contributed by atoms with E-state index in [-0.39, 0.29) is 23.8 Å². The molecular formula is C14H14ClNO8S. The maximum absolute atomic E-state index is 12.2. The molecule has 2 aliphatic heterocycles. The van der Waals surface area contributed by atoms with Gasteiger partial charge in [-0.25, -0.2) is 8.98 Å². The van der Waals surface area contributed by atoms with Crippen LogP contribution in [0.4, 0.5) is 0 Å². The van der Waals surface area contributed by atoms with Crippen LogP contribution in [0.3, 0.4) is 0 Å². The molecule has 0 bridgehead atoms. The number of carbonyl (C=O) groups excluding carboxylic acids is 1. The number of halogens is 1. The van der Waals surface area contributed by atoms with Crippen LogP contribution in [0.5, 0.6) is 0 Å². The van der Waals surface area contributed by atoms with Crippen molar-refractivity contribution in [3.05, 3.63) is 29.3 Å². The number of carbonyl (C=O) groups is 2. The standard InChI is InChI=1S/C14H14ClNO8S/c15-7-1-3-8(4-2-7)25(21,22)24-13(14(19)20)12(18)9-6-16-10(17)5-11(16)23-9/h1-4,9,11-13,18H,5-6H2,(H,19,20)/t9-,11+,12+,13-/m1/s1. The van der Waals surface area contributed by atoms with E-state index in [4.69, 9.17) is 20.5 Å². The second-order valence-corrected chi connectivity index (χ2v) is 7.64. The number of fused-ring (bicyclic) bond motifs is 1. The molecule has 11 heteroatoms. The van der Waals surface area contributed by atoms with Gasteiger partial charge in [-0.2, -0.15) is 8.42 Å². The number of carboxylic acids is 1. The largest absolute Gasteiger partial charge is 0.479 e. The number of benzene rings is 1. The van der Waals surface area contributed by atoms with Crippen LogP contribution in [0.15, 0.2) is 29.2 Å². The number of aliphatic hydroxyl groups excluding tert-OH is 1. The van der Waals surface area contributed by atoms with Gasteiger partial charge in [0.2, 0.25) is 12.0 Å². The van der Waals surface area contributed by atoms with Crippen molar-refractivity contribution in [3.8, 4) is 0 Å². The van der Waals surface area contributed by atoms with Gasteiger partial charge in [-0.15, -0.1) is 0 Å². The summed E-state index contributed by atoms with van der Waals surface area (Å²) in [7, 11) is -4.45. The van der Waals surface area contributed by atoms with E-state index < -0.39 is 40.6 Å². The molecule has 0 spiro atoms. The topological polar surface area (TPSA) is 130 Å². The molecule has 0 aromatic heterocycles. The van der Waals surface area contributed by atoms with Gasteiger partial charge in [0.15, 0.2) is 0 Å². The van der Waals surface area contributed by atoms with Gasteiger partial charge in [0.05, 0.1) is 17.9 Å². The van der Waals surface area contributed by atoms with Crippen LogP contribution in [-0.2, 0) is 28.6 Å². The SMILES string of the molecule is O=C(O)[C@H](OS(=O)(=O)c1ccc(Cl)cc1)[C@@H](O)[C@H]1CN2C(=O)C[C@@H]2O1. The number of hydrogen-bond donors (Lipinski definition) is 2. The predicted octanol–water partition coefficient (Wildman–Crippen LogP) is -0.183. The number of nitrogens with zero attached hydrogens (tertiary/aromatic N) is 1. The molecule has 3 rings (SSSR count). The van der Waals surface area contributed by atoms with Gasteiger partial charge in [0.1, 0.15) is 18.4 Å². The number of hydrogen-bond acceptors (Lipinski definition) is 7. The zero-order valence-electron chi connectivity index (χ0n) is 12.6. The van der Waals surface area contributed by atoms with Crippen molar-refractivity contribution in [1.82, 2.24) is 4.90 Å². The highest BCUT2D eigenvalue weighted by Crippen LogP contribution is 2.31. The summed E-state index contributed by atoms with van der Waals surface area (Å²) in [4.78, 5) is 23.8. The Hall–Kier alpha value is -1.72. The van der Waals surface area contributed by atoms with Crippen molar-refractivity contribution in [2.45, 2.75) is 35.9 Å². The Bertz CT molecular complexity index is 796. The van der Waals surface area contributed by atoms with Crippen molar-refractivity contribution in [1.29, 1.82) is 0 Å². The number of amides is 1. The Balaban J connectivity index is 1.76. The Morgan fingerprint density at radius 2 is 2.00 bits per heavy atom. The zero-order valence-corrected chi connectivity index (χ0v) is 14.2. The first-order valence-corrected chi connectivity index (χ1v) is 9.02. The van der Waals surface area contributed by atoms with Crippen LogP contribution in [-0.4, -0.2) is 66.5 Å². The molecule has 4 atom stereocenters. The molecule has 25 heavy (non-hydrogen) atoms. The lowest BCUT2D eigenvalue weighted by Crippen LogP contribution is -2.49. The van der Waals surface area contributed by atoms with Crippen LogP contribution >= 0.6 is 11.6 Å². The van der Waals surface area contributed by atoms with Crippen LogP contribution < -0.4 is 0 Å². The van der Waals surface area contributed by atoms with Gasteiger partial charge in [0, 0.05) is 5.02 Å².